The first-order valence-corrected chi connectivity index (χ1v) is 8.53. The number of rotatable bonds is 5. The van der Waals surface area contributed by atoms with Crippen molar-refractivity contribution in [3.63, 3.8) is 0 Å². The van der Waals surface area contributed by atoms with Gasteiger partial charge in [0.1, 0.15) is 10.7 Å². The van der Waals surface area contributed by atoms with Gasteiger partial charge in [-0.25, -0.2) is 13.4 Å². The van der Waals surface area contributed by atoms with Gasteiger partial charge in [-0.2, -0.15) is 11.8 Å². The van der Waals surface area contributed by atoms with Crippen LogP contribution in [0.3, 0.4) is 0 Å². The number of pyridine rings is 1. The van der Waals surface area contributed by atoms with Crippen molar-refractivity contribution < 1.29 is 8.42 Å². The molecule has 1 aliphatic carbocycles. The van der Waals surface area contributed by atoms with Gasteiger partial charge in [0, 0.05) is 23.7 Å². The molecule has 4 nitrogen and oxygen atoms in total. The molecular weight excluding hydrogens is 256 g/mol. The maximum atomic E-state index is 11.6. The van der Waals surface area contributed by atoms with Gasteiger partial charge in [0.15, 0.2) is 9.84 Å². The number of hydrogen-bond donors (Lipinski definition) is 1. The van der Waals surface area contributed by atoms with E-state index in [4.69, 9.17) is 0 Å². The standard InChI is InChI=1S/C11H16N2O2S2/c1-16-11(5-6-11)8-13-10-9(17(2,14)15)4-3-7-12-10/h3-4,7H,5-6,8H2,1-2H3,(H,12,13). The number of anilines is 1. The van der Waals surface area contributed by atoms with E-state index in [1.807, 2.05) is 11.8 Å². The summed E-state index contributed by atoms with van der Waals surface area (Å²) in [4.78, 5) is 4.39. The van der Waals surface area contributed by atoms with E-state index in [1.54, 1.807) is 18.3 Å². The van der Waals surface area contributed by atoms with Crippen LogP contribution in [0.25, 0.3) is 0 Å². The molecule has 0 aliphatic heterocycles. The third kappa shape index (κ3) is 2.93. The largest absolute Gasteiger partial charge is 0.368 e. The van der Waals surface area contributed by atoms with Gasteiger partial charge < -0.3 is 5.32 Å². The average molecular weight is 272 g/mol. The lowest BCUT2D eigenvalue weighted by molar-refractivity contribution is 0.601. The fraction of sp³-hybridized carbons (Fsp3) is 0.545. The number of thioether (sulfide) groups is 1. The van der Waals surface area contributed by atoms with Gasteiger partial charge in [0.2, 0.25) is 0 Å². The normalized spacial score (nSPS) is 17.8. The quantitative estimate of drug-likeness (QED) is 0.885. The maximum Gasteiger partial charge on any atom is 0.179 e. The van der Waals surface area contributed by atoms with E-state index in [9.17, 15) is 8.42 Å². The molecule has 0 atom stereocenters. The van der Waals surface area contributed by atoms with Crippen LogP contribution >= 0.6 is 11.8 Å². The number of sulfone groups is 1. The molecule has 1 fully saturated rings. The molecule has 2 rings (SSSR count). The molecule has 0 unspecified atom stereocenters. The molecule has 1 saturated carbocycles. The molecule has 0 saturated heterocycles. The predicted molar refractivity (Wildman–Crippen MR) is 71.3 cm³/mol. The monoisotopic (exact) mass is 272 g/mol. The fourth-order valence-corrected chi connectivity index (χ4v) is 3.19. The molecule has 1 aromatic rings. The second-order valence-electron chi connectivity index (χ2n) is 4.36. The van der Waals surface area contributed by atoms with Gasteiger partial charge in [-0.3, -0.25) is 0 Å². The van der Waals surface area contributed by atoms with E-state index in [2.05, 4.69) is 16.6 Å². The molecule has 1 N–H and O–H groups in total. The second-order valence-corrected chi connectivity index (χ2v) is 7.62. The Hall–Kier alpha value is -0.750. The maximum absolute atomic E-state index is 11.6. The fourth-order valence-electron chi connectivity index (χ4n) is 1.66. The molecule has 94 valence electrons. The molecule has 1 heterocycles. The molecule has 17 heavy (non-hydrogen) atoms. The zero-order valence-corrected chi connectivity index (χ0v) is 11.6. The van der Waals surface area contributed by atoms with Crippen molar-refractivity contribution in [1.82, 2.24) is 4.98 Å². The van der Waals surface area contributed by atoms with Crippen LogP contribution in [0.4, 0.5) is 5.82 Å². The van der Waals surface area contributed by atoms with Crippen molar-refractivity contribution in [2.75, 3.05) is 24.4 Å². The molecular formula is C11H16N2O2S2. The molecule has 1 aromatic heterocycles. The SMILES string of the molecule is CSC1(CNc2ncccc2S(C)(=O)=O)CC1. The van der Waals surface area contributed by atoms with E-state index in [-0.39, 0.29) is 9.64 Å². The number of nitrogens with one attached hydrogen (secondary N) is 1. The molecule has 0 bridgehead atoms. The Balaban J connectivity index is 2.16. The average Bonchev–Trinajstić information content (AvgIpc) is 3.06. The van der Waals surface area contributed by atoms with E-state index < -0.39 is 9.84 Å². The van der Waals surface area contributed by atoms with Crippen LogP contribution in [0.1, 0.15) is 12.8 Å². The highest BCUT2D eigenvalue weighted by atomic mass is 32.2. The lowest BCUT2D eigenvalue weighted by Gasteiger charge is -2.15. The molecule has 0 spiro atoms. The third-order valence-electron chi connectivity index (χ3n) is 2.99. The minimum Gasteiger partial charge on any atom is -0.368 e. The Morgan fingerprint density at radius 3 is 2.76 bits per heavy atom. The molecule has 0 amide bonds. The van der Waals surface area contributed by atoms with Gasteiger partial charge in [-0.15, -0.1) is 0 Å². The van der Waals surface area contributed by atoms with Crippen LogP contribution in [-0.4, -0.2) is 37.2 Å². The number of aromatic nitrogens is 1. The van der Waals surface area contributed by atoms with Crippen LogP contribution in [0, 0.1) is 0 Å². The van der Waals surface area contributed by atoms with Gasteiger partial charge in [-0.1, -0.05) is 0 Å². The summed E-state index contributed by atoms with van der Waals surface area (Å²) < 4.78 is 23.4. The Labute approximate surface area is 106 Å². The van der Waals surface area contributed by atoms with Crippen LogP contribution in [0.5, 0.6) is 0 Å². The Morgan fingerprint density at radius 1 is 1.53 bits per heavy atom. The highest BCUT2D eigenvalue weighted by Gasteiger charge is 2.41. The summed E-state index contributed by atoms with van der Waals surface area (Å²) in [6, 6.07) is 3.23. The van der Waals surface area contributed by atoms with E-state index in [1.165, 1.54) is 19.1 Å². The van der Waals surface area contributed by atoms with Crippen LogP contribution in [0.2, 0.25) is 0 Å². The Bertz CT molecular complexity index is 510. The lowest BCUT2D eigenvalue weighted by Crippen LogP contribution is -2.19. The van der Waals surface area contributed by atoms with E-state index >= 15 is 0 Å². The molecule has 0 aromatic carbocycles. The first kappa shape index (κ1) is 12.7. The van der Waals surface area contributed by atoms with E-state index in [0.717, 1.165) is 6.54 Å². The minimum absolute atomic E-state index is 0.275. The summed E-state index contributed by atoms with van der Waals surface area (Å²) in [5.41, 5.74) is 0. The van der Waals surface area contributed by atoms with Crippen molar-refractivity contribution in [2.24, 2.45) is 0 Å². The third-order valence-corrected chi connectivity index (χ3v) is 5.54. The van der Waals surface area contributed by atoms with Crippen molar-refractivity contribution in [3.05, 3.63) is 18.3 Å². The van der Waals surface area contributed by atoms with E-state index in [0.29, 0.717) is 5.82 Å². The second kappa shape index (κ2) is 4.49. The summed E-state index contributed by atoms with van der Waals surface area (Å²) in [5, 5.41) is 3.16. The zero-order chi connectivity index (χ0) is 12.5. The van der Waals surface area contributed by atoms with Gasteiger partial charge >= 0.3 is 0 Å². The number of hydrogen-bond acceptors (Lipinski definition) is 5. The van der Waals surface area contributed by atoms with Crippen LogP contribution < -0.4 is 5.32 Å². The predicted octanol–water partition coefficient (Wildman–Crippen LogP) is 1.79. The van der Waals surface area contributed by atoms with Crippen molar-refractivity contribution in [2.45, 2.75) is 22.5 Å². The smallest absolute Gasteiger partial charge is 0.179 e. The summed E-state index contributed by atoms with van der Waals surface area (Å²) in [5.74, 6) is 0.468. The van der Waals surface area contributed by atoms with Crippen molar-refractivity contribution in [1.29, 1.82) is 0 Å². The first-order valence-electron chi connectivity index (χ1n) is 5.41. The Morgan fingerprint density at radius 2 is 2.24 bits per heavy atom. The summed E-state index contributed by atoms with van der Waals surface area (Å²) in [6.07, 6.45) is 7.27. The number of nitrogens with zero attached hydrogens (tertiary/aromatic N) is 1. The lowest BCUT2D eigenvalue weighted by atomic mass is 10.4. The van der Waals surface area contributed by atoms with Crippen molar-refractivity contribution in [3.8, 4) is 0 Å². The van der Waals surface area contributed by atoms with Gasteiger partial charge in [0.05, 0.1) is 0 Å². The molecule has 6 heteroatoms. The summed E-state index contributed by atoms with van der Waals surface area (Å²) >= 11 is 1.83. The summed E-state index contributed by atoms with van der Waals surface area (Å²) in [6.45, 7) is 0.772. The Kier molecular flexibility index (Phi) is 3.36. The highest BCUT2D eigenvalue weighted by molar-refractivity contribution is 8.00. The molecule has 0 radical (unpaired) electrons. The first-order chi connectivity index (χ1) is 7.97. The minimum atomic E-state index is -3.22. The van der Waals surface area contributed by atoms with Gasteiger partial charge in [-0.05, 0) is 31.2 Å². The highest BCUT2D eigenvalue weighted by Crippen LogP contribution is 2.47. The van der Waals surface area contributed by atoms with Crippen LogP contribution in [0.15, 0.2) is 23.2 Å². The zero-order valence-electron chi connectivity index (χ0n) is 9.93. The molecule has 1 aliphatic rings. The van der Waals surface area contributed by atoms with Crippen LogP contribution in [-0.2, 0) is 9.84 Å². The van der Waals surface area contributed by atoms with Gasteiger partial charge in [0.25, 0.3) is 0 Å². The topological polar surface area (TPSA) is 59.1 Å². The van der Waals surface area contributed by atoms with Crippen molar-refractivity contribution >= 4 is 27.4 Å². The summed E-state index contributed by atoms with van der Waals surface area (Å²) in [7, 11) is -3.22.